The van der Waals surface area contributed by atoms with Gasteiger partial charge in [-0.05, 0) is 18.6 Å². The molecular weight excluding hydrogens is 212 g/mol. The Balaban J connectivity index is 2.88. The number of benzene rings is 1. The number of rotatable bonds is 6. The van der Waals surface area contributed by atoms with Gasteiger partial charge in [-0.2, -0.15) is 0 Å². The number of hydrogen-bond donors (Lipinski definition) is 0. The molecule has 0 aliphatic rings. The summed E-state index contributed by atoms with van der Waals surface area (Å²) < 4.78 is 5.80. The minimum absolute atomic E-state index is 0.483. The van der Waals surface area contributed by atoms with Crippen molar-refractivity contribution in [3.63, 3.8) is 0 Å². The zero-order chi connectivity index (χ0) is 11.8. The summed E-state index contributed by atoms with van der Waals surface area (Å²) >= 11 is 0. The zero-order valence-electron chi connectivity index (χ0n) is 10.5. The third-order valence-corrected chi connectivity index (χ3v) is 5.29. The third kappa shape index (κ3) is 3.85. The van der Waals surface area contributed by atoms with Gasteiger partial charge in [-0.15, -0.1) is 0 Å². The maximum absolute atomic E-state index is 5.80. The van der Waals surface area contributed by atoms with Crippen molar-refractivity contribution >= 4 is 14.9 Å². The highest BCUT2D eigenvalue weighted by Crippen LogP contribution is 2.16. The highest BCUT2D eigenvalue weighted by molar-refractivity contribution is 6.66. The third-order valence-electron chi connectivity index (χ3n) is 2.60. The van der Waals surface area contributed by atoms with E-state index >= 15 is 0 Å². The van der Waals surface area contributed by atoms with Gasteiger partial charge in [0, 0.05) is 0 Å². The maximum Gasteiger partial charge on any atom is 0.132 e. The van der Waals surface area contributed by atoms with Crippen molar-refractivity contribution in [1.82, 2.24) is 0 Å². The summed E-state index contributed by atoms with van der Waals surface area (Å²) in [5.74, 6) is 0. The molecule has 16 heavy (non-hydrogen) atoms. The molecule has 0 aliphatic carbocycles. The summed E-state index contributed by atoms with van der Waals surface area (Å²) in [5, 5.41) is 1.23. The lowest BCUT2D eigenvalue weighted by Gasteiger charge is -2.15. The van der Waals surface area contributed by atoms with Crippen molar-refractivity contribution in [2.75, 3.05) is 6.61 Å². The largest absolute Gasteiger partial charge is 0.504 e. The summed E-state index contributed by atoms with van der Waals surface area (Å²) in [4.78, 5) is 0. The molecule has 2 heteroatoms. The lowest BCUT2D eigenvalue weighted by molar-refractivity contribution is 0.254. The number of ether oxygens (including phenoxy) is 1. The molecule has 0 bridgehead atoms. The van der Waals surface area contributed by atoms with Gasteiger partial charge in [0.1, 0.15) is 8.80 Å². The van der Waals surface area contributed by atoms with E-state index < -0.39 is 8.80 Å². The SMILES string of the molecule is CCOC(=Cc1ccccc1)[Si](CC)CC. The van der Waals surface area contributed by atoms with Gasteiger partial charge in [-0.1, -0.05) is 56.3 Å². The van der Waals surface area contributed by atoms with Crippen molar-refractivity contribution < 1.29 is 4.74 Å². The van der Waals surface area contributed by atoms with Crippen molar-refractivity contribution in [3.05, 3.63) is 41.3 Å². The van der Waals surface area contributed by atoms with Gasteiger partial charge in [-0.25, -0.2) is 0 Å². The molecule has 1 rings (SSSR count). The summed E-state index contributed by atoms with van der Waals surface area (Å²) in [7, 11) is -0.483. The average Bonchev–Trinajstić information content (AvgIpc) is 2.32. The predicted octanol–water partition coefficient (Wildman–Crippen LogP) is 4.14. The van der Waals surface area contributed by atoms with E-state index in [9.17, 15) is 0 Å². The van der Waals surface area contributed by atoms with E-state index in [0.29, 0.717) is 0 Å². The summed E-state index contributed by atoms with van der Waals surface area (Å²) in [6, 6.07) is 12.9. The molecule has 1 aromatic rings. The molecule has 0 heterocycles. The molecule has 0 amide bonds. The van der Waals surface area contributed by atoms with Gasteiger partial charge in [0.05, 0.1) is 12.0 Å². The predicted molar refractivity (Wildman–Crippen MR) is 72.8 cm³/mol. The molecule has 0 N–H and O–H groups in total. The standard InChI is InChI=1S/C14H21OSi/c1-4-15-14(16(5-2)6-3)12-13-10-8-7-9-11-13/h7-12H,4-6H2,1-3H3. The van der Waals surface area contributed by atoms with Crippen molar-refractivity contribution in [2.45, 2.75) is 32.9 Å². The first-order chi connectivity index (χ1) is 7.81. The van der Waals surface area contributed by atoms with Crippen LogP contribution in [0, 0.1) is 0 Å². The molecule has 1 nitrogen and oxygen atoms in total. The van der Waals surface area contributed by atoms with Gasteiger partial charge in [-0.3, -0.25) is 0 Å². The van der Waals surface area contributed by atoms with Crippen molar-refractivity contribution in [2.24, 2.45) is 0 Å². The Morgan fingerprint density at radius 1 is 1.12 bits per heavy atom. The van der Waals surface area contributed by atoms with E-state index in [-0.39, 0.29) is 0 Å². The summed E-state index contributed by atoms with van der Waals surface area (Å²) in [6.45, 7) is 7.35. The van der Waals surface area contributed by atoms with E-state index in [1.807, 2.05) is 6.07 Å². The van der Waals surface area contributed by atoms with Crippen LogP contribution in [-0.4, -0.2) is 15.4 Å². The van der Waals surface area contributed by atoms with Gasteiger partial charge >= 0.3 is 0 Å². The van der Waals surface area contributed by atoms with E-state index in [1.54, 1.807) is 0 Å². The lowest BCUT2D eigenvalue weighted by Crippen LogP contribution is -2.16. The Kier molecular flexibility index (Phi) is 5.94. The van der Waals surface area contributed by atoms with Crippen molar-refractivity contribution in [1.29, 1.82) is 0 Å². The van der Waals surface area contributed by atoms with Crippen LogP contribution in [0.3, 0.4) is 0 Å². The summed E-state index contributed by atoms with van der Waals surface area (Å²) in [5.41, 5.74) is 1.25. The van der Waals surface area contributed by atoms with Gasteiger partial charge in [0.15, 0.2) is 0 Å². The fourth-order valence-corrected chi connectivity index (χ4v) is 3.62. The van der Waals surface area contributed by atoms with E-state index in [0.717, 1.165) is 6.61 Å². The Hall–Kier alpha value is -1.02. The van der Waals surface area contributed by atoms with Crippen LogP contribution in [0.4, 0.5) is 0 Å². The van der Waals surface area contributed by atoms with E-state index in [1.165, 1.54) is 23.0 Å². The zero-order valence-corrected chi connectivity index (χ0v) is 11.5. The fraction of sp³-hybridized carbons (Fsp3) is 0.429. The van der Waals surface area contributed by atoms with Crippen molar-refractivity contribution in [3.8, 4) is 0 Å². The van der Waals surface area contributed by atoms with Gasteiger partial charge < -0.3 is 4.74 Å². The van der Waals surface area contributed by atoms with Crippen LogP contribution in [0.5, 0.6) is 0 Å². The van der Waals surface area contributed by atoms with Crippen LogP contribution in [0.25, 0.3) is 6.08 Å². The second-order valence-electron chi connectivity index (χ2n) is 3.66. The highest BCUT2D eigenvalue weighted by Gasteiger charge is 2.13. The van der Waals surface area contributed by atoms with Crippen LogP contribution in [0.15, 0.2) is 35.7 Å². The Morgan fingerprint density at radius 3 is 2.25 bits per heavy atom. The molecule has 0 saturated heterocycles. The Bertz CT molecular complexity index is 315. The van der Waals surface area contributed by atoms with E-state index in [4.69, 9.17) is 4.74 Å². The second kappa shape index (κ2) is 7.28. The maximum atomic E-state index is 5.80. The molecule has 0 unspecified atom stereocenters. The first-order valence-electron chi connectivity index (χ1n) is 6.06. The van der Waals surface area contributed by atoms with Crippen LogP contribution in [0.2, 0.25) is 12.1 Å². The monoisotopic (exact) mass is 233 g/mol. The minimum Gasteiger partial charge on any atom is -0.504 e. The highest BCUT2D eigenvalue weighted by atomic mass is 28.3. The van der Waals surface area contributed by atoms with Crippen LogP contribution < -0.4 is 0 Å². The van der Waals surface area contributed by atoms with Gasteiger partial charge in [0.2, 0.25) is 0 Å². The molecule has 87 valence electrons. The topological polar surface area (TPSA) is 9.23 Å². The smallest absolute Gasteiger partial charge is 0.132 e. The second-order valence-corrected chi connectivity index (χ2v) is 6.78. The Labute approximate surface area is 101 Å². The summed E-state index contributed by atoms with van der Waals surface area (Å²) in [6.07, 6.45) is 2.21. The quantitative estimate of drug-likeness (QED) is 0.530. The molecular formula is C14H21OSi. The average molecular weight is 233 g/mol. The normalized spacial score (nSPS) is 11.9. The molecule has 0 spiro atoms. The first-order valence-corrected chi connectivity index (χ1v) is 7.97. The molecule has 0 atom stereocenters. The van der Waals surface area contributed by atoms with E-state index in [2.05, 4.69) is 51.1 Å². The molecule has 0 fully saturated rings. The molecule has 1 radical (unpaired) electrons. The fourth-order valence-electron chi connectivity index (χ4n) is 1.70. The van der Waals surface area contributed by atoms with Gasteiger partial charge in [0.25, 0.3) is 0 Å². The van der Waals surface area contributed by atoms with Crippen LogP contribution in [0.1, 0.15) is 26.3 Å². The minimum atomic E-state index is -0.483. The molecule has 1 aromatic carbocycles. The molecule has 0 aromatic heterocycles. The van der Waals surface area contributed by atoms with Crippen LogP contribution in [-0.2, 0) is 4.74 Å². The lowest BCUT2D eigenvalue weighted by atomic mass is 10.2. The molecule has 0 aliphatic heterocycles. The Morgan fingerprint density at radius 2 is 1.75 bits per heavy atom. The molecule has 0 saturated carbocycles. The van der Waals surface area contributed by atoms with Crippen LogP contribution >= 0.6 is 0 Å². The number of hydrogen-bond acceptors (Lipinski definition) is 1. The first kappa shape index (κ1) is 13.0.